The summed E-state index contributed by atoms with van der Waals surface area (Å²) in [6.07, 6.45) is 3.97. The Hall–Kier alpha value is -1.10. The van der Waals surface area contributed by atoms with E-state index < -0.39 is 5.97 Å². The summed E-state index contributed by atoms with van der Waals surface area (Å²) in [7, 11) is 0. The van der Waals surface area contributed by atoms with Crippen LogP contribution in [0.4, 0.5) is 0 Å². The summed E-state index contributed by atoms with van der Waals surface area (Å²) in [4.78, 5) is 18.3. The fourth-order valence-electron chi connectivity index (χ4n) is 0.878. The lowest BCUT2D eigenvalue weighted by molar-refractivity contribution is -0.136. The minimum atomic E-state index is -0.766. The zero-order valence-corrected chi connectivity index (χ0v) is 8.70. The highest BCUT2D eigenvalue weighted by Crippen LogP contribution is 2.11. The molecule has 1 unspecified atom stereocenters. The van der Waals surface area contributed by atoms with Crippen molar-refractivity contribution >= 4 is 17.7 Å². The summed E-state index contributed by atoms with van der Waals surface area (Å²) in [5.41, 5.74) is 0.949. The first-order chi connectivity index (χ1) is 6.70. The maximum absolute atomic E-state index is 10.5. The van der Waals surface area contributed by atoms with E-state index in [9.17, 15) is 4.79 Å². The second-order valence-corrected chi connectivity index (χ2v) is 4.25. The molecule has 1 atom stereocenters. The Labute approximate surface area is 86.8 Å². The number of hydrogen-bond donors (Lipinski definition) is 1. The van der Waals surface area contributed by atoms with E-state index in [1.165, 1.54) is 18.1 Å². The van der Waals surface area contributed by atoms with Crippen LogP contribution in [0.25, 0.3) is 0 Å². The van der Waals surface area contributed by atoms with Crippen molar-refractivity contribution in [1.82, 2.24) is 9.97 Å². The van der Waals surface area contributed by atoms with E-state index in [0.29, 0.717) is 0 Å². The molecule has 1 aromatic rings. The van der Waals surface area contributed by atoms with Gasteiger partial charge in [-0.25, -0.2) is 9.97 Å². The van der Waals surface area contributed by atoms with Gasteiger partial charge in [-0.15, -0.1) is 11.8 Å². The van der Waals surface area contributed by atoms with Crippen molar-refractivity contribution in [2.75, 3.05) is 5.75 Å². The first-order valence-corrected chi connectivity index (χ1v) is 5.34. The summed E-state index contributed by atoms with van der Waals surface area (Å²) < 4.78 is 0. The molecular formula is C9H12N2O2S. The van der Waals surface area contributed by atoms with Gasteiger partial charge in [0.2, 0.25) is 0 Å². The maximum Gasteiger partial charge on any atom is 0.316 e. The summed E-state index contributed by atoms with van der Waals surface area (Å²) in [6, 6.07) is 1.84. The molecule has 4 nitrogen and oxygen atoms in total. The van der Waals surface area contributed by atoms with Crippen LogP contribution in [0.15, 0.2) is 18.6 Å². The quantitative estimate of drug-likeness (QED) is 0.795. The van der Waals surface area contributed by atoms with Gasteiger partial charge in [0.15, 0.2) is 0 Å². The second kappa shape index (κ2) is 5.59. The standard InChI is InChI=1S/C9H12N2O2S/c1-7(9(12)13)14-5-3-8-2-4-10-6-11-8/h2,4,6-7H,3,5H2,1H3,(H,12,13). The molecule has 1 aromatic heterocycles. The number of rotatable bonds is 5. The molecule has 0 aliphatic rings. The molecule has 0 aliphatic heterocycles. The van der Waals surface area contributed by atoms with E-state index >= 15 is 0 Å². The average Bonchev–Trinajstić information content (AvgIpc) is 2.19. The van der Waals surface area contributed by atoms with Crippen LogP contribution in [0.1, 0.15) is 12.6 Å². The molecule has 1 rings (SSSR count). The Morgan fingerprint density at radius 1 is 1.71 bits per heavy atom. The van der Waals surface area contributed by atoms with E-state index in [1.54, 1.807) is 13.1 Å². The van der Waals surface area contributed by atoms with Crippen molar-refractivity contribution in [3.63, 3.8) is 0 Å². The number of aliphatic carboxylic acids is 1. The van der Waals surface area contributed by atoms with Gasteiger partial charge in [-0.05, 0) is 25.2 Å². The van der Waals surface area contributed by atoms with Crippen molar-refractivity contribution in [3.8, 4) is 0 Å². The molecule has 1 N–H and O–H groups in total. The Bertz CT molecular complexity index is 292. The fourth-order valence-corrected chi connectivity index (χ4v) is 1.70. The largest absolute Gasteiger partial charge is 0.480 e. The normalized spacial score (nSPS) is 12.4. The van der Waals surface area contributed by atoms with E-state index in [2.05, 4.69) is 9.97 Å². The Morgan fingerprint density at radius 3 is 3.07 bits per heavy atom. The highest BCUT2D eigenvalue weighted by atomic mass is 32.2. The third-order valence-corrected chi connectivity index (χ3v) is 2.86. The predicted molar refractivity (Wildman–Crippen MR) is 55.3 cm³/mol. The molecule has 5 heteroatoms. The summed E-state index contributed by atoms with van der Waals surface area (Å²) in [5.74, 6) is 0.00230. The molecule has 0 radical (unpaired) electrons. The van der Waals surface area contributed by atoms with E-state index in [-0.39, 0.29) is 5.25 Å². The molecule has 0 spiro atoms. The third kappa shape index (κ3) is 3.74. The SMILES string of the molecule is CC(SCCc1ccncn1)C(=O)O. The van der Waals surface area contributed by atoms with Gasteiger partial charge >= 0.3 is 5.97 Å². The summed E-state index contributed by atoms with van der Waals surface area (Å²) >= 11 is 1.42. The van der Waals surface area contributed by atoms with Crippen molar-refractivity contribution in [2.24, 2.45) is 0 Å². The number of aryl methyl sites for hydroxylation is 1. The smallest absolute Gasteiger partial charge is 0.316 e. The van der Waals surface area contributed by atoms with Gasteiger partial charge in [0.05, 0.1) is 5.25 Å². The molecule has 0 fully saturated rings. The summed E-state index contributed by atoms with van der Waals surface area (Å²) in [5, 5.41) is 8.28. The molecule has 0 amide bonds. The van der Waals surface area contributed by atoms with Crippen molar-refractivity contribution in [1.29, 1.82) is 0 Å². The zero-order chi connectivity index (χ0) is 10.4. The minimum absolute atomic E-state index is 0.350. The van der Waals surface area contributed by atoms with Crippen LogP contribution in [0.5, 0.6) is 0 Å². The van der Waals surface area contributed by atoms with Gasteiger partial charge in [0.25, 0.3) is 0 Å². The third-order valence-electron chi connectivity index (χ3n) is 1.72. The molecule has 0 saturated carbocycles. The van der Waals surface area contributed by atoms with Crippen molar-refractivity contribution in [3.05, 3.63) is 24.3 Å². The number of carboxylic acid groups (broad SMARTS) is 1. The first kappa shape index (κ1) is 11.0. The lowest BCUT2D eigenvalue weighted by atomic mass is 10.3. The lowest BCUT2D eigenvalue weighted by Gasteiger charge is -2.04. The van der Waals surface area contributed by atoms with Crippen LogP contribution < -0.4 is 0 Å². The van der Waals surface area contributed by atoms with Crippen LogP contribution in [-0.4, -0.2) is 32.0 Å². The Kier molecular flexibility index (Phi) is 4.39. The average molecular weight is 212 g/mol. The highest BCUT2D eigenvalue weighted by Gasteiger charge is 2.10. The van der Waals surface area contributed by atoms with Crippen LogP contribution in [0.2, 0.25) is 0 Å². The van der Waals surface area contributed by atoms with E-state index in [1.807, 2.05) is 6.07 Å². The van der Waals surface area contributed by atoms with Crippen LogP contribution in [0, 0.1) is 0 Å². The Balaban J connectivity index is 2.26. The molecule has 0 bridgehead atoms. The maximum atomic E-state index is 10.5. The first-order valence-electron chi connectivity index (χ1n) is 4.29. The van der Waals surface area contributed by atoms with E-state index in [0.717, 1.165) is 17.9 Å². The van der Waals surface area contributed by atoms with Gasteiger partial charge < -0.3 is 5.11 Å². The van der Waals surface area contributed by atoms with Gasteiger partial charge in [-0.3, -0.25) is 4.79 Å². The number of hydrogen-bond acceptors (Lipinski definition) is 4. The Morgan fingerprint density at radius 2 is 2.50 bits per heavy atom. The number of thioether (sulfide) groups is 1. The predicted octanol–water partition coefficient (Wildman–Crippen LogP) is 1.23. The van der Waals surface area contributed by atoms with Crippen molar-refractivity contribution < 1.29 is 9.90 Å². The number of nitrogens with zero attached hydrogens (tertiary/aromatic N) is 2. The van der Waals surface area contributed by atoms with Crippen LogP contribution in [-0.2, 0) is 11.2 Å². The van der Waals surface area contributed by atoms with Crippen LogP contribution in [0.3, 0.4) is 0 Å². The van der Waals surface area contributed by atoms with Gasteiger partial charge in [-0.1, -0.05) is 0 Å². The topological polar surface area (TPSA) is 63.1 Å². The summed E-state index contributed by atoms with van der Waals surface area (Å²) in [6.45, 7) is 1.69. The molecule has 14 heavy (non-hydrogen) atoms. The number of carboxylic acids is 1. The molecular weight excluding hydrogens is 200 g/mol. The fraction of sp³-hybridized carbons (Fsp3) is 0.444. The van der Waals surface area contributed by atoms with Gasteiger partial charge in [-0.2, -0.15) is 0 Å². The lowest BCUT2D eigenvalue weighted by Crippen LogP contribution is -2.12. The van der Waals surface area contributed by atoms with Gasteiger partial charge in [0.1, 0.15) is 6.33 Å². The second-order valence-electron chi connectivity index (χ2n) is 2.80. The van der Waals surface area contributed by atoms with Crippen molar-refractivity contribution in [2.45, 2.75) is 18.6 Å². The molecule has 0 saturated heterocycles. The van der Waals surface area contributed by atoms with Crippen LogP contribution >= 0.6 is 11.8 Å². The van der Waals surface area contributed by atoms with E-state index in [4.69, 9.17) is 5.11 Å². The molecule has 0 aromatic carbocycles. The minimum Gasteiger partial charge on any atom is -0.480 e. The zero-order valence-electron chi connectivity index (χ0n) is 7.88. The molecule has 0 aliphatic carbocycles. The highest BCUT2D eigenvalue weighted by molar-refractivity contribution is 8.00. The molecule has 1 heterocycles. The number of aromatic nitrogens is 2. The van der Waals surface area contributed by atoms with Gasteiger partial charge in [0, 0.05) is 11.9 Å². The monoisotopic (exact) mass is 212 g/mol. The number of carbonyl (C=O) groups is 1. The molecule has 76 valence electrons.